The highest BCUT2D eigenvalue weighted by Gasteiger charge is 2.17. The van der Waals surface area contributed by atoms with E-state index in [1.807, 2.05) is 17.5 Å². The summed E-state index contributed by atoms with van der Waals surface area (Å²) in [7, 11) is -3.92. The van der Waals surface area contributed by atoms with Crippen LogP contribution >= 0.6 is 22.7 Å². The molecule has 12 heteroatoms. The van der Waals surface area contributed by atoms with Gasteiger partial charge in [-0.25, -0.2) is 18.1 Å². The molecule has 0 bridgehead atoms. The summed E-state index contributed by atoms with van der Waals surface area (Å²) in [5, 5.41) is 16.0. The second kappa shape index (κ2) is 8.56. The van der Waals surface area contributed by atoms with Crippen LogP contribution in [0.2, 0.25) is 0 Å². The Morgan fingerprint density at radius 3 is 2.75 bits per heavy atom. The van der Waals surface area contributed by atoms with Gasteiger partial charge in [-0.3, -0.25) is 14.9 Å². The Kier molecular flexibility index (Phi) is 6.14. The lowest BCUT2D eigenvalue weighted by Crippen LogP contribution is -2.34. The number of hydrogen-bond donors (Lipinski definition) is 2. The topological polar surface area (TPSA) is 131 Å². The van der Waals surface area contributed by atoms with E-state index in [1.54, 1.807) is 0 Å². The average Bonchev–Trinajstić information content (AvgIpc) is 3.36. The molecule has 0 atom stereocenters. The molecule has 0 unspecified atom stereocenters. The minimum Gasteiger partial charge on any atom is -0.350 e. The third kappa shape index (κ3) is 4.78. The summed E-state index contributed by atoms with van der Waals surface area (Å²) in [5.74, 6) is -0.352. The van der Waals surface area contributed by atoms with Gasteiger partial charge in [-0.15, -0.1) is 22.7 Å². The lowest BCUT2D eigenvalue weighted by molar-refractivity contribution is -0.385. The predicted octanol–water partition coefficient (Wildman–Crippen LogP) is 2.49. The molecule has 0 aliphatic carbocycles. The van der Waals surface area contributed by atoms with Crippen LogP contribution in [0.1, 0.15) is 9.67 Å². The number of thiophene rings is 1. The molecular formula is C16H14N4O5S3. The first kappa shape index (κ1) is 20.1. The molecule has 9 nitrogen and oxygen atoms in total. The molecule has 1 amide bonds. The van der Waals surface area contributed by atoms with Gasteiger partial charge in [-0.1, -0.05) is 12.1 Å². The van der Waals surface area contributed by atoms with Crippen molar-refractivity contribution in [2.45, 2.75) is 4.90 Å². The fourth-order valence-electron chi connectivity index (χ4n) is 2.19. The molecule has 0 spiro atoms. The number of benzene rings is 1. The lowest BCUT2D eigenvalue weighted by atomic mass is 10.3. The van der Waals surface area contributed by atoms with Gasteiger partial charge >= 0.3 is 0 Å². The summed E-state index contributed by atoms with van der Waals surface area (Å²) in [6, 6.07) is 8.55. The van der Waals surface area contributed by atoms with E-state index in [-0.39, 0.29) is 29.6 Å². The van der Waals surface area contributed by atoms with Crippen molar-refractivity contribution in [2.24, 2.45) is 0 Å². The summed E-state index contributed by atoms with van der Waals surface area (Å²) in [4.78, 5) is 27.6. The number of nitrogens with one attached hydrogen (secondary N) is 2. The van der Waals surface area contributed by atoms with Crippen LogP contribution in [-0.4, -0.2) is 37.3 Å². The number of nitro benzene ring substituents is 1. The van der Waals surface area contributed by atoms with Crippen molar-refractivity contribution in [3.8, 4) is 9.88 Å². The van der Waals surface area contributed by atoms with Crippen LogP contribution in [0.25, 0.3) is 9.88 Å². The zero-order chi connectivity index (χ0) is 20.1. The Labute approximate surface area is 168 Å². The van der Waals surface area contributed by atoms with Crippen molar-refractivity contribution in [3.63, 3.8) is 0 Å². The number of carbonyl (C=O) groups excluding carboxylic acids is 1. The van der Waals surface area contributed by atoms with Crippen molar-refractivity contribution in [2.75, 3.05) is 13.1 Å². The molecule has 1 aromatic carbocycles. The van der Waals surface area contributed by atoms with Gasteiger partial charge in [0.1, 0.15) is 9.88 Å². The standard InChI is InChI=1S/C16H14N4O5S3/c21-15(14-10-18-16(27-14)13-5-2-8-26-13)17-6-7-19-28(24,25)12-4-1-3-11(9-12)20(22)23/h1-5,8-10,19H,6-7H2,(H,17,21). The van der Waals surface area contributed by atoms with Crippen LogP contribution < -0.4 is 10.0 Å². The Hall–Kier alpha value is -2.67. The highest BCUT2D eigenvalue weighted by molar-refractivity contribution is 7.89. The number of carbonyl (C=O) groups is 1. The first-order valence-electron chi connectivity index (χ1n) is 7.89. The molecule has 0 radical (unpaired) electrons. The minimum absolute atomic E-state index is 0.0548. The summed E-state index contributed by atoms with van der Waals surface area (Å²) < 4.78 is 26.7. The number of sulfonamides is 1. The van der Waals surface area contributed by atoms with E-state index in [4.69, 9.17) is 0 Å². The van der Waals surface area contributed by atoms with Gasteiger partial charge in [0.05, 0.1) is 20.9 Å². The Morgan fingerprint density at radius 1 is 1.21 bits per heavy atom. The number of aromatic nitrogens is 1. The molecule has 0 aliphatic rings. The summed E-state index contributed by atoms with van der Waals surface area (Å²) in [6.07, 6.45) is 1.47. The van der Waals surface area contributed by atoms with E-state index in [0.717, 1.165) is 16.0 Å². The first-order valence-corrected chi connectivity index (χ1v) is 11.1. The zero-order valence-corrected chi connectivity index (χ0v) is 16.6. The first-order chi connectivity index (χ1) is 13.4. The minimum atomic E-state index is -3.92. The van der Waals surface area contributed by atoms with Crippen LogP contribution in [0.5, 0.6) is 0 Å². The zero-order valence-electron chi connectivity index (χ0n) is 14.2. The van der Waals surface area contributed by atoms with Gasteiger partial charge in [0.15, 0.2) is 0 Å². The number of thiazole rings is 1. The molecule has 0 saturated heterocycles. The van der Waals surface area contributed by atoms with Crippen molar-refractivity contribution < 1.29 is 18.1 Å². The molecular weight excluding hydrogens is 424 g/mol. The monoisotopic (exact) mass is 438 g/mol. The number of hydrogen-bond acceptors (Lipinski definition) is 8. The van der Waals surface area contributed by atoms with Crippen LogP contribution in [0.15, 0.2) is 52.9 Å². The van der Waals surface area contributed by atoms with Gasteiger partial charge in [0.25, 0.3) is 11.6 Å². The SMILES string of the molecule is O=C(NCCNS(=O)(=O)c1cccc([N+](=O)[O-])c1)c1cnc(-c2cccs2)s1. The van der Waals surface area contributed by atoms with E-state index in [2.05, 4.69) is 15.0 Å². The van der Waals surface area contributed by atoms with E-state index in [1.165, 1.54) is 47.1 Å². The fourth-order valence-corrected chi connectivity index (χ4v) is 4.90. The molecule has 2 aromatic heterocycles. The second-order valence-corrected chi connectivity index (χ2v) is 9.16. The number of rotatable bonds is 8. The van der Waals surface area contributed by atoms with Crippen molar-refractivity contribution in [1.82, 2.24) is 15.0 Å². The average molecular weight is 439 g/mol. The van der Waals surface area contributed by atoms with Gasteiger partial charge in [-0.2, -0.15) is 0 Å². The van der Waals surface area contributed by atoms with Gasteiger partial charge < -0.3 is 5.32 Å². The highest BCUT2D eigenvalue weighted by atomic mass is 32.2. The third-order valence-corrected chi connectivity index (χ3v) is 7.00. The maximum atomic E-state index is 12.2. The summed E-state index contributed by atoms with van der Waals surface area (Å²) >= 11 is 2.77. The second-order valence-electron chi connectivity index (χ2n) is 5.42. The smallest absolute Gasteiger partial charge is 0.270 e. The normalized spacial score (nSPS) is 11.3. The third-order valence-electron chi connectivity index (χ3n) is 3.50. The summed E-state index contributed by atoms with van der Waals surface area (Å²) in [6.45, 7) is -0.00736. The van der Waals surface area contributed by atoms with Crippen LogP contribution in [0, 0.1) is 10.1 Å². The van der Waals surface area contributed by atoms with E-state index >= 15 is 0 Å². The Morgan fingerprint density at radius 2 is 2.04 bits per heavy atom. The highest BCUT2D eigenvalue weighted by Crippen LogP contribution is 2.28. The fraction of sp³-hybridized carbons (Fsp3) is 0.125. The van der Waals surface area contributed by atoms with Gasteiger partial charge in [0.2, 0.25) is 10.0 Å². The van der Waals surface area contributed by atoms with Crippen molar-refractivity contribution in [3.05, 3.63) is 63.0 Å². The molecule has 0 fully saturated rings. The number of nitrogens with zero attached hydrogens (tertiary/aromatic N) is 2. The van der Waals surface area contributed by atoms with E-state index in [0.29, 0.717) is 4.88 Å². The molecule has 2 heterocycles. The van der Waals surface area contributed by atoms with Crippen molar-refractivity contribution >= 4 is 44.3 Å². The van der Waals surface area contributed by atoms with Crippen LogP contribution in [0.3, 0.4) is 0 Å². The molecule has 146 valence electrons. The van der Waals surface area contributed by atoms with Gasteiger partial charge in [0, 0.05) is 25.2 Å². The Balaban J connectivity index is 1.53. The molecule has 3 rings (SSSR count). The molecule has 2 N–H and O–H groups in total. The molecule has 0 aliphatic heterocycles. The van der Waals surface area contributed by atoms with Gasteiger partial charge in [-0.05, 0) is 17.5 Å². The summed E-state index contributed by atoms with van der Waals surface area (Å²) in [5.41, 5.74) is -0.317. The number of non-ortho nitro benzene ring substituents is 1. The molecule has 0 saturated carbocycles. The van der Waals surface area contributed by atoms with Crippen molar-refractivity contribution in [1.29, 1.82) is 0 Å². The quantitative estimate of drug-likeness (QED) is 0.316. The largest absolute Gasteiger partial charge is 0.350 e. The maximum Gasteiger partial charge on any atom is 0.270 e. The molecule has 3 aromatic rings. The molecule has 28 heavy (non-hydrogen) atoms. The maximum absolute atomic E-state index is 12.2. The number of nitro groups is 1. The Bertz CT molecular complexity index is 1090. The number of amides is 1. The predicted molar refractivity (Wildman–Crippen MR) is 106 cm³/mol. The van der Waals surface area contributed by atoms with Crippen LogP contribution in [-0.2, 0) is 10.0 Å². The van der Waals surface area contributed by atoms with E-state index in [9.17, 15) is 23.3 Å². The van der Waals surface area contributed by atoms with E-state index < -0.39 is 14.9 Å². The lowest BCUT2D eigenvalue weighted by Gasteiger charge is -2.07. The van der Waals surface area contributed by atoms with Crippen LogP contribution in [0.4, 0.5) is 5.69 Å².